The van der Waals surface area contributed by atoms with Crippen molar-refractivity contribution >= 4 is 11.5 Å². The van der Waals surface area contributed by atoms with Crippen molar-refractivity contribution in [2.75, 3.05) is 6.61 Å². The molecule has 2 aliphatic rings. The summed E-state index contributed by atoms with van der Waals surface area (Å²) in [5, 5.41) is 15.0. The molecule has 1 aromatic rings. The molecule has 0 aromatic heterocycles. The van der Waals surface area contributed by atoms with E-state index in [1.54, 1.807) is 0 Å². The smallest absolute Gasteiger partial charge is 0.168 e. The molecule has 1 aliphatic carbocycles. The number of nitrogens with zero attached hydrogens (tertiary/aromatic N) is 1. The zero-order valence-electron chi connectivity index (χ0n) is 19.4. The lowest BCUT2D eigenvalue weighted by Gasteiger charge is -2.28. The highest BCUT2D eigenvalue weighted by atomic mass is 16.6. The van der Waals surface area contributed by atoms with Crippen LogP contribution in [0.3, 0.4) is 0 Å². The number of benzene rings is 1. The number of hydrogen-bond acceptors (Lipinski definition) is 5. The number of ketones is 1. The first kappa shape index (κ1) is 22.4. The van der Waals surface area contributed by atoms with Gasteiger partial charge in [-0.3, -0.25) is 4.79 Å². The van der Waals surface area contributed by atoms with Gasteiger partial charge in [0, 0.05) is 24.8 Å². The number of ether oxygens (including phenoxy) is 1. The van der Waals surface area contributed by atoms with Gasteiger partial charge in [0.05, 0.1) is 11.3 Å². The van der Waals surface area contributed by atoms with Crippen molar-refractivity contribution in [1.29, 1.82) is 0 Å². The molecule has 5 heteroatoms. The number of carbonyl (C=O) groups excluding carboxylic acids is 1. The van der Waals surface area contributed by atoms with Crippen LogP contribution >= 0.6 is 0 Å². The number of carbonyl (C=O) groups is 1. The second kappa shape index (κ2) is 8.44. The van der Waals surface area contributed by atoms with E-state index in [0.29, 0.717) is 37.2 Å². The van der Waals surface area contributed by atoms with Gasteiger partial charge >= 0.3 is 0 Å². The fourth-order valence-electron chi connectivity index (χ4n) is 4.94. The first-order valence-electron chi connectivity index (χ1n) is 11.1. The van der Waals surface area contributed by atoms with Crippen molar-refractivity contribution in [3.63, 3.8) is 0 Å². The number of aliphatic hydroxyl groups excluding tert-OH is 1. The first-order valence-corrected chi connectivity index (χ1v) is 11.1. The zero-order valence-corrected chi connectivity index (χ0v) is 19.4. The van der Waals surface area contributed by atoms with Crippen molar-refractivity contribution in [1.82, 2.24) is 0 Å². The van der Waals surface area contributed by atoms with Gasteiger partial charge in [0.1, 0.15) is 23.7 Å². The molecule has 1 unspecified atom stereocenters. The Morgan fingerprint density at radius 3 is 2.47 bits per heavy atom. The summed E-state index contributed by atoms with van der Waals surface area (Å²) in [7, 11) is 0. The minimum atomic E-state index is -0.217. The van der Waals surface area contributed by atoms with Crippen LogP contribution < -0.4 is 4.74 Å². The molecule has 0 amide bonds. The lowest BCUT2D eigenvalue weighted by Crippen LogP contribution is -2.25. The Balaban J connectivity index is 2.02. The molecule has 164 valence electrons. The number of hydrogen-bond donors (Lipinski definition) is 1. The van der Waals surface area contributed by atoms with E-state index in [1.807, 2.05) is 13.8 Å². The molecule has 0 radical (unpaired) electrons. The van der Waals surface area contributed by atoms with Crippen molar-refractivity contribution in [3.8, 4) is 5.75 Å². The molecule has 0 spiro atoms. The second-order valence-electron chi connectivity index (χ2n) is 9.19. The summed E-state index contributed by atoms with van der Waals surface area (Å²) in [5.41, 5.74) is 6.63. The Labute approximate surface area is 180 Å². The SMILES string of the molecule is CCC/C(=N\OCC)C1=C(O)CC(c2c(C)c(C)c3c(c2C)CC(C)(C)O3)CC1=O. The molecule has 0 fully saturated rings. The van der Waals surface area contributed by atoms with Crippen molar-refractivity contribution in [3.05, 3.63) is 39.1 Å². The quantitative estimate of drug-likeness (QED) is 0.474. The maximum atomic E-state index is 13.1. The average molecular weight is 414 g/mol. The molecule has 0 bridgehead atoms. The van der Waals surface area contributed by atoms with Crippen molar-refractivity contribution in [2.24, 2.45) is 5.16 Å². The molecule has 1 atom stereocenters. The molecule has 1 N–H and O–H groups in total. The third-order valence-corrected chi connectivity index (χ3v) is 6.35. The molecule has 1 heterocycles. The van der Waals surface area contributed by atoms with E-state index in [2.05, 4.69) is 39.8 Å². The summed E-state index contributed by atoms with van der Waals surface area (Å²) in [6, 6.07) is 0. The predicted octanol–water partition coefficient (Wildman–Crippen LogP) is 5.78. The van der Waals surface area contributed by atoms with Gasteiger partial charge in [-0.25, -0.2) is 0 Å². The largest absolute Gasteiger partial charge is 0.511 e. The molecule has 5 nitrogen and oxygen atoms in total. The van der Waals surface area contributed by atoms with E-state index >= 15 is 0 Å². The Morgan fingerprint density at radius 1 is 1.17 bits per heavy atom. The van der Waals surface area contributed by atoms with E-state index in [9.17, 15) is 9.90 Å². The first-order chi connectivity index (χ1) is 14.1. The van der Waals surface area contributed by atoms with Gasteiger partial charge in [-0.1, -0.05) is 18.5 Å². The van der Waals surface area contributed by atoms with Gasteiger partial charge in [-0.05, 0) is 76.1 Å². The van der Waals surface area contributed by atoms with Gasteiger partial charge in [-0.2, -0.15) is 0 Å². The molecule has 3 rings (SSSR count). The Kier molecular flexibility index (Phi) is 6.30. The number of fused-ring (bicyclic) bond motifs is 1. The Hall–Kier alpha value is -2.30. The van der Waals surface area contributed by atoms with Crippen LogP contribution in [0.5, 0.6) is 5.75 Å². The fourth-order valence-corrected chi connectivity index (χ4v) is 4.94. The molecule has 1 aliphatic heterocycles. The molecular formula is C25H35NO4. The van der Waals surface area contributed by atoms with Crippen molar-refractivity contribution in [2.45, 2.75) is 92.1 Å². The predicted molar refractivity (Wildman–Crippen MR) is 120 cm³/mol. The maximum absolute atomic E-state index is 13.1. The van der Waals surface area contributed by atoms with Crippen LogP contribution in [0.25, 0.3) is 0 Å². The van der Waals surface area contributed by atoms with Crippen LogP contribution in [0.1, 0.15) is 87.1 Å². The van der Waals surface area contributed by atoms with Crippen LogP contribution in [-0.2, 0) is 16.1 Å². The van der Waals surface area contributed by atoms with E-state index in [-0.39, 0.29) is 23.1 Å². The zero-order chi connectivity index (χ0) is 22.2. The van der Waals surface area contributed by atoms with E-state index in [0.717, 1.165) is 29.7 Å². The van der Waals surface area contributed by atoms with Gasteiger partial charge in [0.2, 0.25) is 0 Å². The number of rotatable bonds is 6. The van der Waals surface area contributed by atoms with Crippen LogP contribution in [0.15, 0.2) is 16.5 Å². The molecule has 1 aromatic carbocycles. The Morgan fingerprint density at radius 2 is 1.87 bits per heavy atom. The van der Waals surface area contributed by atoms with Gasteiger partial charge < -0.3 is 14.7 Å². The van der Waals surface area contributed by atoms with E-state index < -0.39 is 0 Å². The number of allylic oxidation sites excluding steroid dienone is 2. The lowest BCUT2D eigenvalue weighted by atomic mass is 9.76. The van der Waals surface area contributed by atoms with E-state index in [4.69, 9.17) is 9.57 Å². The van der Waals surface area contributed by atoms with Gasteiger partial charge in [0.25, 0.3) is 0 Å². The number of aliphatic hydroxyl groups is 1. The molecule has 30 heavy (non-hydrogen) atoms. The Bertz CT molecular complexity index is 924. The highest BCUT2D eigenvalue weighted by Crippen LogP contribution is 2.46. The van der Waals surface area contributed by atoms with Crippen LogP contribution in [-0.4, -0.2) is 28.8 Å². The molecular weight excluding hydrogens is 378 g/mol. The highest BCUT2D eigenvalue weighted by molar-refractivity contribution is 6.23. The minimum Gasteiger partial charge on any atom is -0.511 e. The lowest BCUT2D eigenvalue weighted by molar-refractivity contribution is -0.116. The van der Waals surface area contributed by atoms with Crippen molar-refractivity contribution < 1.29 is 19.5 Å². The average Bonchev–Trinajstić information content (AvgIpc) is 3.00. The van der Waals surface area contributed by atoms with Gasteiger partial charge in [-0.15, -0.1) is 0 Å². The third kappa shape index (κ3) is 3.99. The maximum Gasteiger partial charge on any atom is 0.168 e. The summed E-state index contributed by atoms with van der Waals surface area (Å²) in [4.78, 5) is 18.3. The number of oxime groups is 1. The van der Waals surface area contributed by atoms with Crippen LogP contribution in [0.4, 0.5) is 0 Å². The fraction of sp³-hybridized carbons (Fsp3) is 0.600. The monoisotopic (exact) mass is 413 g/mol. The standard InChI is InChI=1S/C25H35NO4/c1-8-10-19(26-29-9-2)23-20(27)11-17(12-21(23)28)22-14(3)15(4)24-18(16(22)5)13-25(6,7)30-24/h17,27H,8-13H2,1-7H3/b26-19+. The minimum absolute atomic E-state index is 0.0380. The van der Waals surface area contributed by atoms with E-state index in [1.165, 1.54) is 16.7 Å². The highest BCUT2D eigenvalue weighted by Gasteiger charge is 2.38. The van der Waals surface area contributed by atoms with Crippen LogP contribution in [0, 0.1) is 20.8 Å². The van der Waals surface area contributed by atoms with Crippen LogP contribution in [0.2, 0.25) is 0 Å². The second-order valence-corrected chi connectivity index (χ2v) is 9.19. The summed E-state index contributed by atoms with van der Waals surface area (Å²) < 4.78 is 6.23. The third-order valence-electron chi connectivity index (χ3n) is 6.35. The summed E-state index contributed by atoms with van der Waals surface area (Å²) in [6.45, 7) is 14.9. The molecule has 0 saturated carbocycles. The normalized spacial score (nSPS) is 21.0. The molecule has 0 saturated heterocycles. The number of Topliss-reactive ketones (excluding diaryl/α,β-unsaturated/α-hetero) is 1. The van der Waals surface area contributed by atoms with Gasteiger partial charge in [0.15, 0.2) is 5.78 Å². The summed E-state index contributed by atoms with van der Waals surface area (Å²) >= 11 is 0. The summed E-state index contributed by atoms with van der Waals surface area (Å²) in [6.07, 6.45) is 3.12. The topological polar surface area (TPSA) is 68.1 Å². The summed E-state index contributed by atoms with van der Waals surface area (Å²) in [5.74, 6) is 1.04.